The van der Waals surface area contributed by atoms with E-state index in [-0.39, 0.29) is 43.9 Å². The summed E-state index contributed by atoms with van der Waals surface area (Å²) in [5.74, 6) is -1.30. The number of nitrogens with one attached hydrogen (secondary N) is 2. The number of rotatable bonds is 6. The molecular formula is C21H13Cl2F6N5O2S. The Morgan fingerprint density at radius 3 is 2.43 bits per heavy atom. The number of alkyl halides is 6. The highest BCUT2D eigenvalue weighted by Crippen LogP contribution is 2.46. The van der Waals surface area contributed by atoms with Crippen LogP contribution < -0.4 is 10.7 Å². The molecule has 1 atom stereocenters. The highest BCUT2D eigenvalue weighted by molar-refractivity contribution is 7.99. The first kappa shape index (κ1) is 27.1. The minimum absolute atomic E-state index is 0.00117. The molecule has 0 spiro atoms. The maximum absolute atomic E-state index is 14.1. The van der Waals surface area contributed by atoms with Crippen LogP contribution in [0.3, 0.4) is 0 Å². The van der Waals surface area contributed by atoms with Crippen molar-refractivity contribution in [2.45, 2.75) is 29.5 Å². The zero-order chi connectivity index (χ0) is 27.0. The average molecular weight is 584 g/mol. The van der Waals surface area contributed by atoms with Crippen LogP contribution in [0.5, 0.6) is 0 Å². The molecule has 4 rings (SSSR count). The van der Waals surface area contributed by atoms with E-state index in [9.17, 15) is 31.1 Å². The van der Waals surface area contributed by atoms with Crippen molar-refractivity contribution in [1.29, 1.82) is 0 Å². The van der Waals surface area contributed by atoms with Crippen LogP contribution in [0.15, 0.2) is 57.2 Å². The van der Waals surface area contributed by atoms with E-state index in [0.717, 1.165) is 42.1 Å². The number of hydrogen-bond acceptors (Lipinski definition) is 7. The summed E-state index contributed by atoms with van der Waals surface area (Å²) in [5, 5.41) is 13.3. The molecule has 0 bridgehead atoms. The number of nitrogens with zero attached hydrogens (tertiary/aromatic N) is 3. The highest BCUT2D eigenvalue weighted by atomic mass is 35.5. The van der Waals surface area contributed by atoms with Gasteiger partial charge in [-0.3, -0.25) is 10.2 Å². The molecule has 0 aliphatic carbocycles. The molecule has 0 saturated heterocycles. The van der Waals surface area contributed by atoms with Crippen molar-refractivity contribution in [2.75, 3.05) is 11.1 Å². The summed E-state index contributed by atoms with van der Waals surface area (Å²) in [5.41, 5.74) is -2.01. The minimum atomic E-state index is -4.81. The van der Waals surface area contributed by atoms with Gasteiger partial charge in [-0.25, -0.2) is 0 Å². The predicted octanol–water partition coefficient (Wildman–Crippen LogP) is 6.28. The van der Waals surface area contributed by atoms with E-state index >= 15 is 0 Å². The first-order valence-corrected chi connectivity index (χ1v) is 11.8. The molecule has 1 aliphatic heterocycles. The molecule has 1 amide bonds. The summed E-state index contributed by atoms with van der Waals surface area (Å²) in [6.45, 7) is 0. The number of aromatic nitrogens is 2. The summed E-state index contributed by atoms with van der Waals surface area (Å²) < 4.78 is 86.2. The largest absolute Gasteiger partial charge is 0.417 e. The Morgan fingerprint density at radius 2 is 1.78 bits per heavy atom. The Hall–Kier alpha value is -2.97. The lowest BCUT2D eigenvalue weighted by Gasteiger charge is -2.31. The third-order valence-electron chi connectivity index (χ3n) is 5.11. The molecule has 1 aliphatic rings. The van der Waals surface area contributed by atoms with E-state index in [4.69, 9.17) is 27.6 Å². The van der Waals surface area contributed by atoms with E-state index < -0.39 is 35.8 Å². The Bertz CT molecular complexity index is 1340. The molecule has 2 N–H and O–H groups in total. The predicted molar refractivity (Wildman–Crippen MR) is 124 cm³/mol. The molecule has 3 aromatic rings. The molecule has 196 valence electrons. The fraction of sp³-hybridized carbons (Fsp3) is 0.238. The first-order valence-electron chi connectivity index (χ1n) is 10.1. The fourth-order valence-electron chi connectivity index (χ4n) is 3.39. The van der Waals surface area contributed by atoms with E-state index in [0.29, 0.717) is 0 Å². The summed E-state index contributed by atoms with van der Waals surface area (Å²) >= 11 is 12.5. The van der Waals surface area contributed by atoms with Gasteiger partial charge in [-0.2, -0.15) is 31.4 Å². The Labute approximate surface area is 218 Å². The lowest BCUT2D eigenvalue weighted by molar-refractivity contribution is -0.196. The van der Waals surface area contributed by atoms with Gasteiger partial charge in [-0.15, -0.1) is 10.2 Å². The molecule has 2 aromatic carbocycles. The van der Waals surface area contributed by atoms with Gasteiger partial charge in [0, 0.05) is 22.2 Å². The second-order valence-electron chi connectivity index (χ2n) is 7.70. The van der Waals surface area contributed by atoms with Crippen LogP contribution in [0.4, 0.5) is 32.0 Å². The van der Waals surface area contributed by atoms with Crippen molar-refractivity contribution in [3.8, 4) is 0 Å². The van der Waals surface area contributed by atoms with Crippen LogP contribution in [0.25, 0.3) is 0 Å². The molecule has 0 radical (unpaired) electrons. The maximum atomic E-state index is 14.1. The second kappa shape index (κ2) is 10.1. The van der Waals surface area contributed by atoms with Gasteiger partial charge >= 0.3 is 12.4 Å². The van der Waals surface area contributed by atoms with Crippen LogP contribution in [0.1, 0.15) is 23.4 Å². The van der Waals surface area contributed by atoms with Crippen LogP contribution in [0.2, 0.25) is 10.0 Å². The van der Waals surface area contributed by atoms with Crippen molar-refractivity contribution < 1.29 is 35.6 Å². The van der Waals surface area contributed by atoms with E-state index in [1.54, 1.807) is 0 Å². The lowest BCUT2D eigenvalue weighted by Crippen LogP contribution is -2.49. The van der Waals surface area contributed by atoms with Crippen molar-refractivity contribution in [3.63, 3.8) is 0 Å². The van der Waals surface area contributed by atoms with E-state index in [2.05, 4.69) is 26.0 Å². The van der Waals surface area contributed by atoms with Crippen molar-refractivity contribution in [2.24, 2.45) is 5.10 Å². The number of carbonyl (C=O) groups is 1. The normalized spacial score (nSPS) is 17.9. The number of benzene rings is 2. The standard InChI is InChI=1S/C21H13Cl2F6N5O2S/c22-12-4-11(5-13(23)7-12)19(21(27,28)29)8-15(31-34-19)17-32-33-18(36-17)37-9-16(35)30-14-3-1-2-10(6-14)20(24,25)26/h1-7,34H,8-9H2,(H,30,35). The fourth-order valence-corrected chi connectivity index (χ4v) is 4.48. The van der Waals surface area contributed by atoms with Gasteiger partial charge in [0.15, 0.2) is 5.54 Å². The molecule has 16 heteroatoms. The van der Waals surface area contributed by atoms with E-state index in [1.807, 2.05) is 0 Å². The van der Waals surface area contributed by atoms with Gasteiger partial charge in [0.25, 0.3) is 11.1 Å². The third-order valence-corrected chi connectivity index (χ3v) is 6.36. The van der Waals surface area contributed by atoms with Crippen molar-refractivity contribution in [1.82, 2.24) is 15.6 Å². The van der Waals surface area contributed by atoms with Crippen molar-refractivity contribution >= 4 is 52.3 Å². The van der Waals surface area contributed by atoms with Gasteiger partial charge in [-0.05, 0) is 42.0 Å². The number of hydrogen-bond donors (Lipinski definition) is 2. The van der Waals surface area contributed by atoms with Crippen molar-refractivity contribution in [3.05, 3.63) is 69.5 Å². The van der Waals surface area contributed by atoms with Gasteiger partial charge < -0.3 is 9.73 Å². The molecule has 1 unspecified atom stereocenters. The Balaban J connectivity index is 1.42. The second-order valence-corrected chi connectivity index (χ2v) is 9.50. The molecule has 7 nitrogen and oxygen atoms in total. The van der Waals surface area contributed by atoms with Crippen LogP contribution in [-0.2, 0) is 16.5 Å². The van der Waals surface area contributed by atoms with E-state index in [1.165, 1.54) is 12.1 Å². The molecular weight excluding hydrogens is 571 g/mol. The van der Waals surface area contributed by atoms with Crippen LogP contribution in [-0.4, -0.2) is 33.7 Å². The maximum Gasteiger partial charge on any atom is 0.417 e. The first-order chi connectivity index (χ1) is 17.3. The molecule has 1 aromatic heterocycles. The number of hydrazone groups is 1. The molecule has 2 heterocycles. The number of amides is 1. The van der Waals surface area contributed by atoms with Gasteiger partial charge in [-0.1, -0.05) is 41.0 Å². The highest BCUT2D eigenvalue weighted by Gasteiger charge is 2.60. The summed E-state index contributed by atoms with van der Waals surface area (Å²) in [4.78, 5) is 12.1. The number of thioether (sulfide) groups is 1. The Morgan fingerprint density at radius 1 is 1.08 bits per heavy atom. The molecule has 0 fully saturated rings. The quantitative estimate of drug-likeness (QED) is 0.262. The zero-order valence-electron chi connectivity index (χ0n) is 18.0. The Kier molecular flexibility index (Phi) is 7.36. The number of carbonyl (C=O) groups excluding carboxylic acids is 1. The van der Waals surface area contributed by atoms with Crippen LogP contribution >= 0.6 is 35.0 Å². The lowest BCUT2D eigenvalue weighted by atomic mass is 9.85. The smallest absolute Gasteiger partial charge is 0.410 e. The van der Waals surface area contributed by atoms with Crippen LogP contribution in [0, 0.1) is 0 Å². The molecule has 0 saturated carbocycles. The monoisotopic (exact) mass is 583 g/mol. The SMILES string of the molecule is O=C(CSc1nnc(C2=NNC(c3cc(Cl)cc(Cl)c3)(C(F)(F)F)C2)o1)Nc1cccc(C(F)(F)F)c1. The average Bonchev–Trinajstić information content (AvgIpc) is 3.44. The number of anilines is 1. The topological polar surface area (TPSA) is 92.4 Å². The molecule has 37 heavy (non-hydrogen) atoms. The third kappa shape index (κ3) is 5.96. The van der Waals surface area contributed by atoms with Gasteiger partial charge in [0.2, 0.25) is 5.91 Å². The van der Waals surface area contributed by atoms with Gasteiger partial charge in [0.05, 0.1) is 11.3 Å². The van der Waals surface area contributed by atoms with Gasteiger partial charge in [0.1, 0.15) is 5.71 Å². The summed E-state index contributed by atoms with van der Waals surface area (Å²) in [6.07, 6.45) is -10.1. The zero-order valence-corrected chi connectivity index (χ0v) is 20.4. The summed E-state index contributed by atoms with van der Waals surface area (Å²) in [6, 6.07) is 7.59. The summed E-state index contributed by atoms with van der Waals surface area (Å²) in [7, 11) is 0. The number of halogens is 8. The minimum Gasteiger partial charge on any atom is -0.410 e.